The number of nitrogens with zero attached hydrogens (tertiary/aromatic N) is 2. The van der Waals surface area contributed by atoms with E-state index in [1.54, 1.807) is 17.5 Å². The second kappa shape index (κ2) is 6.02. The number of hydrogen-bond acceptors (Lipinski definition) is 3. The summed E-state index contributed by atoms with van der Waals surface area (Å²) < 4.78 is 1.87. The Morgan fingerprint density at radius 2 is 2.14 bits per heavy atom. The molecule has 5 heteroatoms. The number of nitrogens with one attached hydrogen (secondary N) is 1. The normalized spacial score (nSPS) is 11.7. The van der Waals surface area contributed by atoms with Crippen LogP contribution in [0.5, 0.6) is 0 Å². The number of amides is 1. The molecule has 0 spiro atoms. The highest BCUT2D eigenvalue weighted by atomic mass is 32.1. The molecule has 0 aromatic carbocycles. The molecule has 0 atom stereocenters. The molecule has 0 saturated heterocycles. The van der Waals surface area contributed by atoms with Crippen LogP contribution in [-0.2, 0) is 13.0 Å². The maximum atomic E-state index is 12.4. The van der Waals surface area contributed by atoms with Gasteiger partial charge in [0.25, 0.3) is 5.91 Å². The van der Waals surface area contributed by atoms with Crippen molar-refractivity contribution in [3.63, 3.8) is 0 Å². The Labute approximate surface area is 130 Å². The minimum Gasteiger partial charge on any atom is -0.319 e. The van der Waals surface area contributed by atoms with Gasteiger partial charge in [-0.15, -0.1) is 11.3 Å². The highest BCUT2D eigenvalue weighted by Gasteiger charge is 2.16. The molecule has 0 bridgehead atoms. The van der Waals surface area contributed by atoms with Crippen LogP contribution >= 0.6 is 11.3 Å². The first-order chi connectivity index (χ1) is 9.80. The van der Waals surface area contributed by atoms with Gasteiger partial charge in [-0.3, -0.25) is 9.48 Å². The average Bonchev–Trinajstić information content (AvgIpc) is 2.93. The van der Waals surface area contributed by atoms with Gasteiger partial charge in [0.2, 0.25) is 0 Å². The second-order valence-electron chi connectivity index (χ2n) is 6.48. The number of aromatic nitrogens is 2. The monoisotopic (exact) mass is 305 g/mol. The first-order valence-electron chi connectivity index (χ1n) is 7.21. The Morgan fingerprint density at radius 1 is 1.43 bits per heavy atom. The lowest BCUT2D eigenvalue weighted by Gasteiger charge is -2.17. The Balaban J connectivity index is 2.09. The minimum atomic E-state index is -0.0495. The molecule has 2 heterocycles. The molecule has 1 N–H and O–H groups in total. The fourth-order valence-electron chi connectivity index (χ4n) is 2.31. The maximum Gasteiger partial charge on any atom is 0.256 e. The quantitative estimate of drug-likeness (QED) is 0.924. The van der Waals surface area contributed by atoms with E-state index in [9.17, 15) is 4.79 Å². The summed E-state index contributed by atoms with van der Waals surface area (Å²) in [5, 5.41) is 9.17. The van der Waals surface area contributed by atoms with Crippen LogP contribution in [0.25, 0.3) is 0 Å². The highest BCUT2D eigenvalue weighted by Crippen LogP contribution is 2.23. The van der Waals surface area contributed by atoms with E-state index in [1.807, 2.05) is 16.3 Å². The molecule has 21 heavy (non-hydrogen) atoms. The summed E-state index contributed by atoms with van der Waals surface area (Å²) in [5.41, 5.74) is 2.82. The Morgan fingerprint density at radius 3 is 2.76 bits per heavy atom. The van der Waals surface area contributed by atoms with Crippen LogP contribution in [0.2, 0.25) is 0 Å². The van der Waals surface area contributed by atoms with Gasteiger partial charge in [-0.2, -0.15) is 5.10 Å². The van der Waals surface area contributed by atoms with Crippen molar-refractivity contribution in [3.8, 4) is 0 Å². The van der Waals surface area contributed by atoms with Gasteiger partial charge >= 0.3 is 0 Å². The van der Waals surface area contributed by atoms with Gasteiger partial charge in [-0.05, 0) is 24.3 Å². The van der Waals surface area contributed by atoms with Crippen molar-refractivity contribution >= 4 is 22.9 Å². The van der Waals surface area contributed by atoms with Crippen molar-refractivity contribution in [1.82, 2.24) is 9.78 Å². The summed E-state index contributed by atoms with van der Waals surface area (Å²) >= 11 is 1.63. The van der Waals surface area contributed by atoms with Crippen molar-refractivity contribution in [2.75, 3.05) is 5.32 Å². The van der Waals surface area contributed by atoms with Gasteiger partial charge in [0.05, 0.1) is 17.4 Å². The third-order valence-electron chi connectivity index (χ3n) is 3.23. The summed E-state index contributed by atoms with van der Waals surface area (Å²) in [6.07, 6.45) is 4.46. The summed E-state index contributed by atoms with van der Waals surface area (Å²) in [6, 6.07) is 0. The third-order valence-corrected chi connectivity index (χ3v) is 4.18. The number of aryl methyl sites for hydroxylation is 1. The van der Waals surface area contributed by atoms with Gasteiger partial charge in [0, 0.05) is 23.0 Å². The SMILES string of the molecule is CCc1c(C(=O)Nc2cnn(CC(C)(C)C)c2)csc1C. The van der Waals surface area contributed by atoms with E-state index < -0.39 is 0 Å². The minimum absolute atomic E-state index is 0.0495. The van der Waals surface area contributed by atoms with Crippen LogP contribution < -0.4 is 5.32 Å². The van der Waals surface area contributed by atoms with Crippen LogP contribution in [0.1, 0.15) is 48.5 Å². The largest absolute Gasteiger partial charge is 0.319 e. The first-order valence-corrected chi connectivity index (χ1v) is 8.09. The van der Waals surface area contributed by atoms with Gasteiger partial charge < -0.3 is 5.32 Å². The molecule has 114 valence electrons. The zero-order chi connectivity index (χ0) is 15.6. The van der Waals surface area contributed by atoms with E-state index in [0.29, 0.717) is 0 Å². The fraction of sp³-hybridized carbons (Fsp3) is 0.500. The number of rotatable bonds is 4. The van der Waals surface area contributed by atoms with Gasteiger partial charge in [-0.1, -0.05) is 27.7 Å². The Kier molecular flexibility index (Phi) is 4.52. The molecule has 0 aliphatic heterocycles. The second-order valence-corrected chi connectivity index (χ2v) is 7.56. The summed E-state index contributed by atoms with van der Waals surface area (Å²) in [5.74, 6) is -0.0495. The summed E-state index contributed by atoms with van der Waals surface area (Å²) in [4.78, 5) is 13.6. The predicted octanol–water partition coefficient (Wildman–Crippen LogP) is 4.11. The highest BCUT2D eigenvalue weighted by molar-refractivity contribution is 7.10. The number of anilines is 1. The fourth-order valence-corrected chi connectivity index (χ4v) is 3.25. The van der Waals surface area contributed by atoms with Gasteiger partial charge in [0.15, 0.2) is 0 Å². The van der Waals surface area contributed by atoms with Gasteiger partial charge in [0.1, 0.15) is 0 Å². The molecule has 0 unspecified atom stereocenters. The molecule has 2 rings (SSSR count). The molecule has 0 fully saturated rings. The van der Waals surface area contributed by atoms with Crippen LogP contribution in [0, 0.1) is 12.3 Å². The van der Waals surface area contributed by atoms with Crippen molar-refractivity contribution in [2.45, 2.75) is 47.6 Å². The molecule has 0 aliphatic carbocycles. The van der Waals surface area contributed by atoms with Crippen molar-refractivity contribution in [3.05, 3.63) is 33.8 Å². The van der Waals surface area contributed by atoms with E-state index in [0.717, 1.165) is 29.8 Å². The topological polar surface area (TPSA) is 46.9 Å². The molecule has 0 saturated carbocycles. The van der Waals surface area contributed by atoms with Crippen molar-refractivity contribution in [2.24, 2.45) is 5.41 Å². The number of hydrogen-bond donors (Lipinski definition) is 1. The lowest BCUT2D eigenvalue weighted by Crippen LogP contribution is -2.16. The van der Waals surface area contributed by atoms with Crippen LogP contribution in [-0.4, -0.2) is 15.7 Å². The van der Waals surface area contributed by atoms with E-state index in [-0.39, 0.29) is 11.3 Å². The van der Waals surface area contributed by atoms with E-state index in [1.165, 1.54) is 4.88 Å². The molecule has 0 aliphatic rings. The summed E-state index contributed by atoms with van der Waals surface area (Å²) in [7, 11) is 0. The first kappa shape index (κ1) is 15.8. The lowest BCUT2D eigenvalue weighted by molar-refractivity contribution is 0.102. The molecule has 2 aromatic heterocycles. The van der Waals surface area contributed by atoms with Crippen molar-refractivity contribution < 1.29 is 4.79 Å². The van der Waals surface area contributed by atoms with Crippen LogP contribution in [0.3, 0.4) is 0 Å². The summed E-state index contributed by atoms with van der Waals surface area (Å²) in [6.45, 7) is 11.4. The molecule has 1 amide bonds. The smallest absolute Gasteiger partial charge is 0.256 e. The van der Waals surface area contributed by atoms with Gasteiger partial charge in [-0.25, -0.2) is 0 Å². The number of carbonyl (C=O) groups excluding carboxylic acids is 1. The van der Waals surface area contributed by atoms with Crippen LogP contribution in [0.15, 0.2) is 17.8 Å². The molecule has 2 aromatic rings. The Bertz CT molecular complexity index is 634. The van der Waals surface area contributed by atoms with E-state index >= 15 is 0 Å². The van der Waals surface area contributed by atoms with E-state index in [4.69, 9.17) is 0 Å². The standard InChI is InChI=1S/C16H23N3OS/c1-6-13-11(2)21-9-14(13)15(20)18-12-7-17-19(8-12)10-16(3,4)5/h7-9H,6,10H2,1-5H3,(H,18,20). The maximum absolute atomic E-state index is 12.4. The molecular formula is C16H23N3OS. The molecular weight excluding hydrogens is 282 g/mol. The van der Waals surface area contributed by atoms with Crippen LogP contribution in [0.4, 0.5) is 5.69 Å². The lowest BCUT2D eigenvalue weighted by atomic mass is 9.97. The average molecular weight is 305 g/mol. The predicted molar refractivity (Wildman–Crippen MR) is 88.1 cm³/mol. The molecule has 4 nitrogen and oxygen atoms in total. The Hall–Kier alpha value is -1.62. The molecule has 0 radical (unpaired) electrons. The zero-order valence-electron chi connectivity index (χ0n) is 13.4. The number of carbonyl (C=O) groups is 1. The zero-order valence-corrected chi connectivity index (χ0v) is 14.2. The van der Waals surface area contributed by atoms with E-state index in [2.05, 4.69) is 45.0 Å². The van der Waals surface area contributed by atoms with Crippen molar-refractivity contribution in [1.29, 1.82) is 0 Å². The third kappa shape index (κ3) is 3.94. The number of thiophene rings is 1.